The number of hydrogen-bond acceptors (Lipinski definition) is 5. The van der Waals surface area contributed by atoms with E-state index in [4.69, 9.17) is 11.6 Å². The molecular formula is C23H20ClF3N4OS. The molecule has 0 atom stereocenters. The van der Waals surface area contributed by atoms with Crippen molar-refractivity contribution in [2.75, 3.05) is 18.0 Å². The Labute approximate surface area is 198 Å². The second kappa shape index (κ2) is 10.0. The van der Waals surface area contributed by atoms with Gasteiger partial charge in [-0.1, -0.05) is 35.9 Å². The van der Waals surface area contributed by atoms with E-state index < -0.39 is 11.7 Å². The number of amides is 1. The zero-order chi connectivity index (χ0) is 23.4. The summed E-state index contributed by atoms with van der Waals surface area (Å²) in [6.45, 7) is 1.66. The van der Waals surface area contributed by atoms with Gasteiger partial charge in [0.1, 0.15) is 11.4 Å². The number of alkyl halides is 3. The highest BCUT2D eigenvalue weighted by Gasteiger charge is 2.30. The van der Waals surface area contributed by atoms with Crippen molar-refractivity contribution in [3.8, 4) is 0 Å². The monoisotopic (exact) mass is 492 g/mol. The van der Waals surface area contributed by atoms with Crippen LogP contribution in [-0.2, 0) is 12.7 Å². The zero-order valence-electron chi connectivity index (χ0n) is 17.4. The van der Waals surface area contributed by atoms with Gasteiger partial charge in [0.05, 0.1) is 10.6 Å². The molecule has 10 heteroatoms. The smallest absolute Gasteiger partial charge is 0.356 e. The minimum Gasteiger partial charge on any atom is -0.356 e. The molecule has 3 aromatic rings. The molecule has 1 amide bonds. The van der Waals surface area contributed by atoms with Gasteiger partial charge in [-0.25, -0.2) is 9.97 Å². The third kappa shape index (κ3) is 5.78. The number of aromatic nitrogens is 2. The first-order valence-corrected chi connectivity index (χ1v) is 11.5. The number of nitrogens with zero attached hydrogens (tertiary/aromatic N) is 3. The lowest BCUT2D eigenvalue weighted by Gasteiger charge is -2.20. The largest absolute Gasteiger partial charge is 0.416 e. The third-order valence-electron chi connectivity index (χ3n) is 5.17. The fourth-order valence-electron chi connectivity index (χ4n) is 3.45. The second-order valence-electron chi connectivity index (χ2n) is 7.49. The SMILES string of the molecule is O=C(NCc1ccc(C(F)(F)F)cc1)c1cnc(Sc2ccccc2Cl)nc1N1CCCC1. The van der Waals surface area contributed by atoms with E-state index in [9.17, 15) is 18.0 Å². The van der Waals surface area contributed by atoms with E-state index in [-0.39, 0.29) is 12.5 Å². The Morgan fingerprint density at radius 2 is 1.79 bits per heavy atom. The predicted octanol–water partition coefficient (Wildman–Crippen LogP) is 5.83. The molecule has 1 aliphatic rings. The molecule has 2 heterocycles. The van der Waals surface area contributed by atoms with E-state index in [1.165, 1.54) is 30.1 Å². The fraction of sp³-hybridized carbons (Fsp3) is 0.261. The lowest BCUT2D eigenvalue weighted by atomic mass is 10.1. The Hall–Kier alpha value is -2.78. The Kier molecular flexibility index (Phi) is 7.09. The van der Waals surface area contributed by atoms with E-state index in [1.807, 2.05) is 23.1 Å². The summed E-state index contributed by atoms with van der Waals surface area (Å²) in [5, 5.41) is 3.83. The van der Waals surface area contributed by atoms with Gasteiger partial charge in [0.25, 0.3) is 5.91 Å². The highest BCUT2D eigenvalue weighted by atomic mass is 35.5. The molecule has 33 heavy (non-hydrogen) atoms. The molecule has 1 aromatic heterocycles. The molecule has 1 N–H and O–H groups in total. The second-order valence-corrected chi connectivity index (χ2v) is 8.91. The summed E-state index contributed by atoms with van der Waals surface area (Å²) in [7, 11) is 0. The molecule has 2 aromatic carbocycles. The molecule has 0 saturated carbocycles. The van der Waals surface area contributed by atoms with Crippen LogP contribution in [0.1, 0.15) is 34.3 Å². The number of benzene rings is 2. The highest BCUT2D eigenvalue weighted by molar-refractivity contribution is 7.99. The maximum absolute atomic E-state index is 12.9. The quantitative estimate of drug-likeness (QED) is 0.439. The maximum atomic E-state index is 12.9. The number of anilines is 1. The van der Waals surface area contributed by atoms with Gasteiger partial charge in [0.2, 0.25) is 0 Å². The van der Waals surface area contributed by atoms with Crippen LogP contribution in [0.15, 0.2) is 64.8 Å². The Morgan fingerprint density at radius 1 is 1.09 bits per heavy atom. The van der Waals surface area contributed by atoms with Crippen molar-refractivity contribution >= 4 is 35.1 Å². The van der Waals surface area contributed by atoms with Gasteiger partial charge < -0.3 is 10.2 Å². The molecule has 1 aliphatic heterocycles. The van der Waals surface area contributed by atoms with Gasteiger partial charge in [0.15, 0.2) is 5.16 Å². The summed E-state index contributed by atoms with van der Waals surface area (Å²) in [4.78, 5) is 24.8. The van der Waals surface area contributed by atoms with Crippen LogP contribution in [0, 0.1) is 0 Å². The van der Waals surface area contributed by atoms with Crippen LogP contribution in [0.4, 0.5) is 19.0 Å². The summed E-state index contributed by atoms with van der Waals surface area (Å²) in [6, 6.07) is 12.1. The van der Waals surface area contributed by atoms with Crippen LogP contribution in [-0.4, -0.2) is 29.0 Å². The first-order valence-electron chi connectivity index (χ1n) is 10.3. The number of hydrogen-bond donors (Lipinski definition) is 1. The van der Waals surface area contributed by atoms with Crippen LogP contribution in [0.2, 0.25) is 5.02 Å². The topological polar surface area (TPSA) is 58.1 Å². The van der Waals surface area contributed by atoms with Crippen molar-refractivity contribution in [2.45, 2.75) is 35.6 Å². The zero-order valence-corrected chi connectivity index (χ0v) is 19.0. The van der Waals surface area contributed by atoms with E-state index in [2.05, 4.69) is 15.3 Å². The molecule has 5 nitrogen and oxygen atoms in total. The molecule has 0 bridgehead atoms. The fourth-order valence-corrected chi connectivity index (χ4v) is 4.45. The Morgan fingerprint density at radius 3 is 2.45 bits per heavy atom. The van der Waals surface area contributed by atoms with Crippen molar-refractivity contribution in [1.82, 2.24) is 15.3 Å². The molecular weight excluding hydrogens is 473 g/mol. The lowest BCUT2D eigenvalue weighted by Crippen LogP contribution is -2.28. The van der Waals surface area contributed by atoms with Gasteiger partial charge in [-0.3, -0.25) is 4.79 Å². The molecule has 1 fully saturated rings. The summed E-state index contributed by atoms with van der Waals surface area (Å²) in [6.07, 6.45) is -0.900. The van der Waals surface area contributed by atoms with Gasteiger partial charge in [-0.2, -0.15) is 13.2 Å². The van der Waals surface area contributed by atoms with Crippen molar-refractivity contribution in [1.29, 1.82) is 0 Å². The summed E-state index contributed by atoms with van der Waals surface area (Å²) in [5.74, 6) is 0.160. The first kappa shape index (κ1) is 23.4. The summed E-state index contributed by atoms with van der Waals surface area (Å²) < 4.78 is 38.2. The van der Waals surface area contributed by atoms with Crippen LogP contribution in [0.25, 0.3) is 0 Å². The van der Waals surface area contributed by atoms with E-state index in [1.54, 1.807) is 6.07 Å². The van der Waals surface area contributed by atoms with Crippen LogP contribution in [0.3, 0.4) is 0 Å². The minimum atomic E-state index is -4.40. The van der Waals surface area contributed by atoms with Crippen molar-refractivity contribution in [3.05, 3.63) is 76.4 Å². The number of carbonyl (C=O) groups is 1. The minimum absolute atomic E-state index is 0.0898. The Balaban J connectivity index is 1.52. The molecule has 4 rings (SSSR count). The van der Waals surface area contributed by atoms with Crippen molar-refractivity contribution in [3.63, 3.8) is 0 Å². The average Bonchev–Trinajstić information content (AvgIpc) is 3.34. The molecule has 1 saturated heterocycles. The van der Waals surface area contributed by atoms with Crippen molar-refractivity contribution in [2.24, 2.45) is 0 Å². The van der Waals surface area contributed by atoms with Crippen LogP contribution < -0.4 is 10.2 Å². The maximum Gasteiger partial charge on any atom is 0.416 e. The third-order valence-corrected chi connectivity index (χ3v) is 6.57. The summed E-state index contributed by atoms with van der Waals surface area (Å²) >= 11 is 7.56. The molecule has 0 radical (unpaired) electrons. The number of rotatable bonds is 6. The van der Waals surface area contributed by atoms with E-state index in [0.717, 1.165) is 43.0 Å². The molecule has 0 unspecified atom stereocenters. The Bertz CT molecular complexity index is 1140. The lowest BCUT2D eigenvalue weighted by molar-refractivity contribution is -0.137. The van der Waals surface area contributed by atoms with Crippen LogP contribution >= 0.6 is 23.4 Å². The van der Waals surface area contributed by atoms with E-state index in [0.29, 0.717) is 27.1 Å². The number of carbonyl (C=O) groups excluding carboxylic acids is 1. The van der Waals surface area contributed by atoms with Gasteiger partial charge in [0, 0.05) is 30.7 Å². The first-order chi connectivity index (χ1) is 15.8. The normalized spacial score (nSPS) is 13.9. The summed E-state index contributed by atoms with van der Waals surface area (Å²) in [5.41, 5.74) is 0.159. The standard InChI is InChI=1S/C23H20ClF3N4OS/c24-18-5-1-2-6-19(18)33-22-29-14-17(20(30-22)31-11-3-4-12-31)21(32)28-13-15-7-9-16(10-8-15)23(25,26)27/h1-2,5-10,14H,3-4,11-13H2,(H,28,32). The molecule has 0 spiro atoms. The van der Waals surface area contributed by atoms with E-state index >= 15 is 0 Å². The number of nitrogens with one attached hydrogen (secondary N) is 1. The van der Waals surface area contributed by atoms with Crippen molar-refractivity contribution < 1.29 is 18.0 Å². The van der Waals surface area contributed by atoms with Crippen LogP contribution in [0.5, 0.6) is 0 Å². The number of halogens is 4. The van der Waals surface area contributed by atoms with Gasteiger partial charge in [-0.05, 0) is 54.4 Å². The van der Waals surface area contributed by atoms with Gasteiger partial charge in [-0.15, -0.1) is 0 Å². The molecule has 172 valence electrons. The highest BCUT2D eigenvalue weighted by Crippen LogP contribution is 2.33. The predicted molar refractivity (Wildman–Crippen MR) is 122 cm³/mol. The molecule has 0 aliphatic carbocycles. The average molecular weight is 493 g/mol. The van der Waals surface area contributed by atoms with Gasteiger partial charge >= 0.3 is 6.18 Å².